The third kappa shape index (κ3) is 5.03. The van der Waals surface area contributed by atoms with Crippen LogP contribution in [-0.4, -0.2) is 17.4 Å². The predicted octanol–water partition coefficient (Wildman–Crippen LogP) is 4.08. The lowest BCUT2D eigenvalue weighted by Crippen LogP contribution is -2.02. The van der Waals surface area contributed by atoms with E-state index in [0.29, 0.717) is 24.3 Å². The highest BCUT2D eigenvalue weighted by Crippen LogP contribution is 2.14. The Labute approximate surface area is 126 Å². The highest BCUT2D eigenvalue weighted by atomic mass is 16.5. The van der Waals surface area contributed by atoms with Crippen LogP contribution in [0, 0.1) is 0 Å². The standard InChI is InChI=1S/C18H21NO2/c1-2-11-21-17-12-16(13-19-14-17)18(20)10-6-9-15-7-4-3-5-8-15/h3-5,7-8,12-14H,2,6,9-11H2,1H3. The van der Waals surface area contributed by atoms with Gasteiger partial charge in [0.25, 0.3) is 0 Å². The molecule has 0 bridgehead atoms. The van der Waals surface area contributed by atoms with Crippen LogP contribution in [0.15, 0.2) is 48.8 Å². The lowest BCUT2D eigenvalue weighted by molar-refractivity contribution is 0.0979. The zero-order chi connectivity index (χ0) is 14.9. The summed E-state index contributed by atoms with van der Waals surface area (Å²) in [5.41, 5.74) is 1.90. The number of carbonyl (C=O) groups is 1. The molecule has 0 amide bonds. The second-order valence-corrected chi connectivity index (χ2v) is 5.02. The van der Waals surface area contributed by atoms with Gasteiger partial charge in [-0.2, -0.15) is 0 Å². The molecule has 0 aliphatic carbocycles. The first-order valence-electron chi connectivity index (χ1n) is 7.44. The number of hydrogen-bond acceptors (Lipinski definition) is 3. The molecule has 3 nitrogen and oxygen atoms in total. The maximum atomic E-state index is 12.2. The largest absolute Gasteiger partial charge is 0.492 e. The average molecular weight is 283 g/mol. The van der Waals surface area contributed by atoms with Crippen LogP contribution < -0.4 is 4.74 Å². The van der Waals surface area contributed by atoms with Gasteiger partial charge in [-0.25, -0.2) is 0 Å². The number of hydrogen-bond donors (Lipinski definition) is 0. The van der Waals surface area contributed by atoms with Crippen LogP contribution >= 0.6 is 0 Å². The quantitative estimate of drug-likeness (QED) is 0.685. The molecular formula is C18H21NO2. The minimum atomic E-state index is 0.125. The van der Waals surface area contributed by atoms with E-state index in [1.165, 1.54) is 5.56 Å². The Balaban J connectivity index is 1.85. The Hall–Kier alpha value is -2.16. The van der Waals surface area contributed by atoms with E-state index in [1.807, 2.05) is 25.1 Å². The summed E-state index contributed by atoms with van der Waals surface area (Å²) in [5.74, 6) is 0.797. The number of aromatic nitrogens is 1. The summed E-state index contributed by atoms with van der Waals surface area (Å²) in [4.78, 5) is 16.2. The fourth-order valence-corrected chi connectivity index (χ4v) is 2.11. The number of aryl methyl sites for hydroxylation is 1. The van der Waals surface area contributed by atoms with Gasteiger partial charge in [-0.05, 0) is 30.9 Å². The van der Waals surface area contributed by atoms with E-state index in [2.05, 4.69) is 17.1 Å². The maximum absolute atomic E-state index is 12.2. The molecule has 1 heterocycles. The van der Waals surface area contributed by atoms with Crippen molar-refractivity contribution in [1.29, 1.82) is 0 Å². The fourth-order valence-electron chi connectivity index (χ4n) is 2.11. The first kappa shape index (κ1) is 15.2. The van der Waals surface area contributed by atoms with Gasteiger partial charge >= 0.3 is 0 Å². The van der Waals surface area contributed by atoms with Gasteiger partial charge in [0.2, 0.25) is 0 Å². The van der Waals surface area contributed by atoms with E-state index in [0.717, 1.165) is 19.3 Å². The first-order chi connectivity index (χ1) is 10.3. The lowest BCUT2D eigenvalue weighted by atomic mass is 10.0. The van der Waals surface area contributed by atoms with Crippen LogP contribution in [0.2, 0.25) is 0 Å². The number of nitrogens with zero attached hydrogens (tertiary/aromatic N) is 1. The molecule has 2 aromatic rings. The number of rotatable bonds is 8. The van der Waals surface area contributed by atoms with Crippen LogP contribution in [0.1, 0.15) is 42.1 Å². The number of pyridine rings is 1. The van der Waals surface area contributed by atoms with Gasteiger partial charge in [-0.3, -0.25) is 9.78 Å². The van der Waals surface area contributed by atoms with E-state index in [9.17, 15) is 4.79 Å². The number of ether oxygens (including phenoxy) is 1. The van der Waals surface area contributed by atoms with Crippen LogP contribution in [-0.2, 0) is 6.42 Å². The topological polar surface area (TPSA) is 39.2 Å². The van der Waals surface area contributed by atoms with E-state index in [4.69, 9.17) is 4.74 Å². The number of benzene rings is 1. The predicted molar refractivity (Wildman–Crippen MR) is 83.7 cm³/mol. The lowest BCUT2D eigenvalue weighted by Gasteiger charge is -2.06. The Bertz CT molecular complexity index is 566. The summed E-state index contributed by atoms with van der Waals surface area (Å²) in [5, 5.41) is 0. The van der Waals surface area contributed by atoms with Crippen molar-refractivity contribution in [3.05, 3.63) is 59.9 Å². The normalized spacial score (nSPS) is 10.3. The molecule has 1 aromatic carbocycles. The molecule has 0 saturated carbocycles. The molecule has 1 aromatic heterocycles. The number of carbonyl (C=O) groups excluding carboxylic acids is 1. The van der Waals surface area contributed by atoms with Crippen LogP contribution in [0.4, 0.5) is 0 Å². The Morgan fingerprint density at radius 3 is 2.76 bits per heavy atom. The second-order valence-electron chi connectivity index (χ2n) is 5.02. The average Bonchev–Trinajstić information content (AvgIpc) is 2.54. The number of ketones is 1. The van der Waals surface area contributed by atoms with Crippen LogP contribution in [0.25, 0.3) is 0 Å². The zero-order valence-corrected chi connectivity index (χ0v) is 12.4. The minimum absolute atomic E-state index is 0.125. The molecule has 0 radical (unpaired) electrons. The molecule has 0 saturated heterocycles. The van der Waals surface area contributed by atoms with Crippen molar-refractivity contribution >= 4 is 5.78 Å². The molecule has 0 N–H and O–H groups in total. The van der Waals surface area contributed by atoms with E-state index < -0.39 is 0 Å². The summed E-state index contributed by atoms with van der Waals surface area (Å²) in [6, 6.07) is 12.0. The molecule has 0 atom stereocenters. The van der Waals surface area contributed by atoms with Crippen molar-refractivity contribution < 1.29 is 9.53 Å². The molecule has 0 fully saturated rings. The molecule has 0 spiro atoms. The Morgan fingerprint density at radius 2 is 2.00 bits per heavy atom. The van der Waals surface area contributed by atoms with Crippen molar-refractivity contribution in [2.45, 2.75) is 32.6 Å². The summed E-state index contributed by atoms with van der Waals surface area (Å²) < 4.78 is 5.51. The van der Waals surface area contributed by atoms with Gasteiger partial charge in [0.15, 0.2) is 5.78 Å². The third-order valence-electron chi connectivity index (χ3n) is 3.22. The smallest absolute Gasteiger partial charge is 0.164 e. The van der Waals surface area contributed by atoms with E-state index in [-0.39, 0.29) is 5.78 Å². The van der Waals surface area contributed by atoms with Gasteiger partial charge < -0.3 is 4.74 Å². The van der Waals surface area contributed by atoms with Crippen molar-refractivity contribution in [2.24, 2.45) is 0 Å². The summed E-state index contributed by atoms with van der Waals surface area (Å²) in [6.45, 7) is 2.69. The molecule has 110 valence electrons. The Morgan fingerprint density at radius 1 is 1.19 bits per heavy atom. The SMILES string of the molecule is CCCOc1cncc(C(=O)CCCc2ccccc2)c1. The van der Waals surface area contributed by atoms with Gasteiger partial charge in [-0.1, -0.05) is 37.3 Å². The van der Waals surface area contributed by atoms with Crippen LogP contribution in [0.3, 0.4) is 0 Å². The molecule has 3 heteroatoms. The molecule has 0 aliphatic rings. The second kappa shape index (κ2) is 8.20. The van der Waals surface area contributed by atoms with E-state index >= 15 is 0 Å². The van der Waals surface area contributed by atoms with Crippen molar-refractivity contribution in [3.8, 4) is 5.75 Å². The van der Waals surface area contributed by atoms with Crippen molar-refractivity contribution in [1.82, 2.24) is 4.98 Å². The van der Waals surface area contributed by atoms with Crippen LogP contribution in [0.5, 0.6) is 5.75 Å². The Kier molecular flexibility index (Phi) is 5.95. The van der Waals surface area contributed by atoms with Gasteiger partial charge in [-0.15, -0.1) is 0 Å². The molecule has 0 unspecified atom stereocenters. The van der Waals surface area contributed by atoms with Gasteiger partial charge in [0.05, 0.1) is 12.8 Å². The number of Topliss-reactive ketones (excluding diaryl/α,β-unsaturated/α-hetero) is 1. The highest BCUT2D eigenvalue weighted by molar-refractivity contribution is 5.96. The third-order valence-corrected chi connectivity index (χ3v) is 3.22. The highest BCUT2D eigenvalue weighted by Gasteiger charge is 2.07. The molecule has 21 heavy (non-hydrogen) atoms. The van der Waals surface area contributed by atoms with Gasteiger partial charge in [0.1, 0.15) is 5.75 Å². The maximum Gasteiger partial charge on any atom is 0.164 e. The summed E-state index contributed by atoms with van der Waals surface area (Å²) in [7, 11) is 0. The van der Waals surface area contributed by atoms with Crippen molar-refractivity contribution in [3.63, 3.8) is 0 Å². The van der Waals surface area contributed by atoms with E-state index in [1.54, 1.807) is 18.5 Å². The fraction of sp³-hybridized carbons (Fsp3) is 0.333. The van der Waals surface area contributed by atoms with Gasteiger partial charge in [0, 0.05) is 18.2 Å². The monoisotopic (exact) mass is 283 g/mol. The molecule has 2 rings (SSSR count). The van der Waals surface area contributed by atoms with Crippen molar-refractivity contribution in [2.75, 3.05) is 6.61 Å². The summed E-state index contributed by atoms with van der Waals surface area (Å²) in [6.07, 6.45) is 6.51. The molecular weight excluding hydrogens is 262 g/mol. The molecule has 0 aliphatic heterocycles. The first-order valence-corrected chi connectivity index (χ1v) is 7.44. The summed E-state index contributed by atoms with van der Waals surface area (Å²) >= 11 is 0. The zero-order valence-electron chi connectivity index (χ0n) is 12.4. The minimum Gasteiger partial charge on any atom is -0.492 e.